The van der Waals surface area contributed by atoms with Crippen molar-refractivity contribution in [1.82, 2.24) is 19.3 Å². The van der Waals surface area contributed by atoms with E-state index in [1.54, 1.807) is 35.7 Å². The van der Waals surface area contributed by atoms with Crippen LogP contribution in [0.3, 0.4) is 0 Å². The van der Waals surface area contributed by atoms with E-state index in [-0.39, 0.29) is 18.4 Å². The molecule has 0 amide bonds. The molecule has 0 saturated heterocycles. The summed E-state index contributed by atoms with van der Waals surface area (Å²) in [7, 11) is -1.51. The van der Waals surface area contributed by atoms with Crippen LogP contribution < -0.4 is 4.74 Å². The monoisotopic (exact) mass is 500 g/mol. The zero-order valence-electron chi connectivity index (χ0n) is 20.2. The molecule has 2 unspecified atom stereocenters. The molecule has 1 aliphatic rings. The third kappa shape index (κ3) is 5.84. The maximum Gasteiger partial charge on any atom is 0.303 e. The average Bonchev–Trinajstić information content (AvgIpc) is 3.18. The van der Waals surface area contributed by atoms with Crippen LogP contribution in [0.15, 0.2) is 53.6 Å². The second-order valence-corrected chi connectivity index (χ2v) is 11.1. The first-order valence-electron chi connectivity index (χ1n) is 11.6. The van der Waals surface area contributed by atoms with E-state index in [0.29, 0.717) is 36.6 Å². The van der Waals surface area contributed by atoms with Gasteiger partial charge in [-0.1, -0.05) is 30.3 Å². The van der Waals surface area contributed by atoms with E-state index in [2.05, 4.69) is 10.2 Å². The summed E-state index contributed by atoms with van der Waals surface area (Å²) in [5.41, 5.74) is 3.65. The Kier molecular flexibility index (Phi) is 7.46. The van der Waals surface area contributed by atoms with Crippen molar-refractivity contribution in [3.63, 3.8) is 0 Å². The zero-order chi connectivity index (χ0) is 25.2. The summed E-state index contributed by atoms with van der Waals surface area (Å²) >= 11 is 0. The Balaban J connectivity index is 1.60. The molecule has 2 atom stereocenters. The average molecular weight is 501 g/mol. The van der Waals surface area contributed by atoms with Gasteiger partial charge in [-0.25, -0.2) is 0 Å². The van der Waals surface area contributed by atoms with Crippen molar-refractivity contribution in [2.24, 2.45) is 7.05 Å². The number of carboxylic acids is 1. The SMILES string of the molecule is Cc1ccc(C(CCc2cnn(C)n2)CC(=O)O)cc1CN1CC(C)Oc2ccccc2S1(O)O. The molecule has 0 aliphatic carbocycles. The molecule has 1 aromatic heterocycles. The number of carbonyl (C=O) groups is 1. The van der Waals surface area contributed by atoms with Crippen molar-refractivity contribution in [3.05, 3.63) is 71.0 Å². The highest BCUT2D eigenvalue weighted by atomic mass is 32.3. The standard InChI is InChI=1S/C25H32N4O5S/c1-17-8-9-19(20(13-25(30)31)10-11-22-14-26-28(3)27-22)12-21(17)16-29-15-18(2)34-23-6-4-5-7-24(23)35(29,32)33/h4-9,12,14,18,20,32-33H,10-11,13,15-16H2,1-3H3,(H,30,31). The van der Waals surface area contributed by atoms with E-state index in [1.165, 1.54) is 4.80 Å². The van der Waals surface area contributed by atoms with Gasteiger partial charge in [-0.2, -0.15) is 19.3 Å². The topological polar surface area (TPSA) is 121 Å². The van der Waals surface area contributed by atoms with Crippen molar-refractivity contribution in [2.75, 3.05) is 6.54 Å². The number of aryl methyl sites for hydroxylation is 3. The quantitative estimate of drug-likeness (QED) is 0.410. The van der Waals surface area contributed by atoms with E-state index < -0.39 is 16.7 Å². The summed E-state index contributed by atoms with van der Waals surface area (Å²) in [6, 6.07) is 13.0. The highest BCUT2D eigenvalue weighted by molar-refractivity contribution is 8.22. The molecule has 188 valence electrons. The fourth-order valence-corrected chi connectivity index (χ4v) is 6.10. The van der Waals surface area contributed by atoms with Crippen LogP contribution in [0, 0.1) is 6.92 Å². The number of nitrogens with zero attached hydrogens (tertiary/aromatic N) is 4. The number of rotatable bonds is 8. The Labute approximate surface area is 206 Å². The Hall–Kier alpha value is -2.92. The number of benzene rings is 2. The van der Waals surface area contributed by atoms with Crippen molar-refractivity contribution in [3.8, 4) is 5.75 Å². The molecular formula is C25H32N4O5S. The molecule has 1 aliphatic heterocycles. The lowest BCUT2D eigenvalue weighted by molar-refractivity contribution is -0.137. The molecule has 3 aromatic rings. The lowest BCUT2D eigenvalue weighted by Gasteiger charge is -2.42. The summed E-state index contributed by atoms with van der Waals surface area (Å²) in [6.45, 7) is 4.52. The fraction of sp³-hybridized carbons (Fsp3) is 0.400. The number of aliphatic carboxylic acids is 1. The Morgan fingerprint density at radius 2 is 2.03 bits per heavy atom. The Morgan fingerprint density at radius 3 is 2.74 bits per heavy atom. The van der Waals surface area contributed by atoms with E-state index in [1.807, 2.05) is 38.1 Å². The third-order valence-corrected chi connectivity index (χ3v) is 8.23. The lowest BCUT2D eigenvalue weighted by atomic mass is 9.88. The molecule has 0 saturated carbocycles. The molecule has 35 heavy (non-hydrogen) atoms. The summed E-state index contributed by atoms with van der Waals surface area (Å²) < 4.78 is 30.1. The molecule has 2 aromatic carbocycles. The minimum absolute atomic E-state index is 0.0000850. The van der Waals surface area contributed by atoms with Gasteiger partial charge in [0.2, 0.25) is 0 Å². The number of fused-ring (bicyclic) bond motifs is 1. The van der Waals surface area contributed by atoms with E-state index in [0.717, 1.165) is 22.4 Å². The molecule has 4 rings (SSSR count). The first kappa shape index (κ1) is 25.2. The number of para-hydroxylation sites is 1. The molecule has 0 radical (unpaired) electrons. The van der Waals surface area contributed by atoms with Crippen LogP contribution in [-0.2, 0) is 24.8 Å². The molecule has 0 spiro atoms. The van der Waals surface area contributed by atoms with Crippen LogP contribution in [0.5, 0.6) is 5.75 Å². The first-order valence-corrected chi connectivity index (χ1v) is 13.1. The maximum atomic E-state index is 11.6. The molecule has 10 heteroatoms. The molecule has 2 heterocycles. The normalized spacial score (nSPS) is 19.3. The van der Waals surface area contributed by atoms with Crippen LogP contribution in [-0.4, -0.2) is 52.1 Å². The highest BCUT2D eigenvalue weighted by Crippen LogP contribution is 2.57. The van der Waals surface area contributed by atoms with E-state index in [9.17, 15) is 19.0 Å². The van der Waals surface area contributed by atoms with Gasteiger partial charge in [-0.05, 0) is 61.4 Å². The van der Waals surface area contributed by atoms with Gasteiger partial charge in [-0.3, -0.25) is 13.9 Å². The predicted octanol–water partition coefficient (Wildman–Crippen LogP) is 4.62. The first-order chi connectivity index (χ1) is 16.6. The van der Waals surface area contributed by atoms with Crippen LogP contribution in [0.1, 0.15) is 48.1 Å². The van der Waals surface area contributed by atoms with E-state index in [4.69, 9.17) is 4.74 Å². The maximum absolute atomic E-state index is 11.6. The second kappa shape index (κ2) is 10.4. The van der Waals surface area contributed by atoms with Gasteiger partial charge < -0.3 is 9.84 Å². The van der Waals surface area contributed by atoms with Gasteiger partial charge in [0.25, 0.3) is 0 Å². The van der Waals surface area contributed by atoms with Gasteiger partial charge in [-0.15, -0.1) is 10.8 Å². The molecule has 0 fully saturated rings. The molecular weight excluding hydrogens is 468 g/mol. The minimum Gasteiger partial charge on any atom is -0.487 e. The highest BCUT2D eigenvalue weighted by Gasteiger charge is 2.34. The summed E-state index contributed by atoms with van der Waals surface area (Å²) in [6.07, 6.45) is 2.70. The van der Waals surface area contributed by atoms with E-state index >= 15 is 0 Å². The molecule has 0 bridgehead atoms. The lowest BCUT2D eigenvalue weighted by Crippen LogP contribution is -2.33. The largest absolute Gasteiger partial charge is 0.487 e. The number of aromatic nitrogens is 3. The predicted molar refractivity (Wildman–Crippen MR) is 134 cm³/mol. The minimum atomic E-state index is -3.27. The van der Waals surface area contributed by atoms with Crippen molar-refractivity contribution in [2.45, 2.75) is 56.6 Å². The van der Waals surface area contributed by atoms with Gasteiger partial charge >= 0.3 is 5.97 Å². The van der Waals surface area contributed by atoms with Gasteiger partial charge in [0.05, 0.1) is 24.9 Å². The van der Waals surface area contributed by atoms with Gasteiger partial charge in [0.1, 0.15) is 16.7 Å². The van der Waals surface area contributed by atoms with Crippen LogP contribution in [0.2, 0.25) is 0 Å². The Morgan fingerprint density at radius 1 is 1.26 bits per heavy atom. The van der Waals surface area contributed by atoms with Crippen molar-refractivity contribution < 1.29 is 23.7 Å². The van der Waals surface area contributed by atoms with Crippen molar-refractivity contribution in [1.29, 1.82) is 0 Å². The third-order valence-electron chi connectivity index (χ3n) is 6.30. The fourth-order valence-electron chi connectivity index (χ4n) is 4.44. The van der Waals surface area contributed by atoms with Gasteiger partial charge in [0, 0.05) is 13.6 Å². The number of hydrogen-bond donors (Lipinski definition) is 3. The zero-order valence-corrected chi connectivity index (χ0v) is 21.0. The number of ether oxygens (including phenoxy) is 1. The summed E-state index contributed by atoms with van der Waals surface area (Å²) in [5, 5.41) is 17.9. The molecule has 3 N–H and O–H groups in total. The number of hydrogen-bond acceptors (Lipinski definition) is 7. The van der Waals surface area contributed by atoms with Crippen LogP contribution in [0.4, 0.5) is 0 Å². The second-order valence-electron chi connectivity index (χ2n) is 9.06. The Bertz CT molecular complexity index is 1200. The van der Waals surface area contributed by atoms with Crippen LogP contribution >= 0.6 is 10.8 Å². The van der Waals surface area contributed by atoms with Gasteiger partial charge in [0.15, 0.2) is 0 Å². The number of carboxylic acid groups (broad SMARTS) is 1. The van der Waals surface area contributed by atoms with Crippen molar-refractivity contribution >= 4 is 16.7 Å². The molecule has 9 nitrogen and oxygen atoms in total. The summed E-state index contributed by atoms with van der Waals surface area (Å²) in [5.74, 6) is -0.583. The smallest absolute Gasteiger partial charge is 0.303 e. The summed E-state index contributed by atoms with van der Waals surface area (Å²) in [4.78, 5) is 13.5. The van der Waals surface area contributed by atoms with Crippen LogP contribution in [0.25, 0.3) is 0 Å².